The lowest BCUT2D eigenvalue weighted by Crippen LogP contribution is -2.28. The molecular formula is C20H22O3. The van der Waals surface area contributed by atoms with Gasteiger partial charge in [0.15, 0.2) is 0 Å². The predicted molar refractivity (Wildman–Crippen MR) is 91.3 cm³/mol. The summed E-state index contributed by atoms with van der Waals surface area (Å²) < 4.78 is 16.5. The maximum absolute atomic E-state index is 5.96. The van der Waals surface area contributed by atoms with E-state index >= 15 is 0 Å². The van der Waals surface area contributed by atoms with E-state index in [9.17, 15) is 0 Å². The van der Waals surface area contributed by atoms with Gasteiger partial charge in [0.25, 0.3) is 0 Å². The maximum Gasteiger partial charge on any atom is 0.118 e. The lowest BCUT2D eigenvalue weighted by molar-refractivity contribution is 0.138. The van der Waals surface area contributed by atoms with Crippen LogP contribution in [0.4, 0.5) is 0 Å². The molecule has 1 aliphatic heterocycles. The Morgan fingerprint density at radius 1 is 0.957 bits per heavy atom. The molecule has 1 saturated heterocycles. The maximum atomic E-state index is 5.96. The topological polar surface area (TPSA) is 27.7 Å². The summed E-state index contributed by atoms with van der Waals surface area (Å²) in [7, 11) is 3.36. The highest BCUT2D eigenvalue weighted by Crippen LogP contribution is 2.43. The summed E-state index contributed by atoms with van der Waals surface area (Å²) in [6.07, 6.45) is 2.84. The third kappa shape index (κ3) is 2.84. The molecule has 1 fully saturated rings. The molecule has 0 unspecified atom stereocenters. The van der Waals surface area contributed by atoms with Gasteiger partial charge in [-0.1, -0.05) is 30.3 Å². The molecule has 1 aliphatic rings. The molecular weight excluding hydrogens is 288 g/mol. The van der Waals surface area contributed by atoms with Crippen LogP contribution in [-0.2, 0) is 10.2 Å². The molecule has 3 heteroatoms. The number of benzene rings is 2. The van der Waals surface area contributed by atoms with Crippen LogP contribution < -0.4 is 9.47 Å². The zero-order valence-electron chi connectivity index (χ0n) is 13.6. The Hall–Kier alpha value is -2.26. The Morgan fingerprint density at radius 3 is 1.78 bits per heavy atom. The molecule has 0 aliphatic carbocycles. The van der Waals surface area contributed by atoms with E-state index in [4.69, 9.17) is 14.2 Å². The first-order chi connectivity index (χ1) is 11.2. The molecule has 0 radical (unpaired) electrons. The van der Waals surface area contributed by atoms with E-state index in [0.717, 1.165) is 17.9 Å². The van der Waals surface area contributed by atoms with Gasteiger partial charge in [-0.3, -0.25) is 0 Å². The third-order valence-electron chi connectivity index (χ3n) is 4.64. The predicted octanol–water partition coefficient (Wildman–Crippen LogP) is 3.96. The number of ether oxygens (including phenoxy) is 3. The van der Waals surface area contributed by atoms with Crippen LogP contribution in [0.1, 0.15) is 17.5 Å². The Bertz CT molecular complexity index is 611. The monoisotopic (exact) mass is 310 g/mol. The molecule has 0 aromatic heterocycles. The van der Waals surface area contributed by atoms with Crippen LogP contribution in [0.2, 0.25) is 0 Å². The van der Waals surface area contributed by atoms with E-state index in [0.29, 0.717) is 6.61 Å². The highest BCUT2D eigenvalue weighted by atomic mass is 16.5. The normalized spacial score (nSPS) is 19.3. The van der Waals surface area contributed by atoms with Gasteiger partial charge in [-0.15, -0.1) is 6.58 Å². The van der Waals surface area contributed by atoms with Gasteiger partial charge < -0.3 is 14.2 Å². The summed E-state index contributed by atoms with van der Waals surface area (Å²) in [6, 6.07) is 16.5. The fraction of sp³-hybridized carbons (Fsp3) is 0.300. The molecule has 120 valence electrons. The zero-order valence-corrected chi connectivity index (χ0v) is 13.6. The van der Waals surface area contributed by atoms with Crippen molar-refractivity contribution in [2.45, 2.75) is 17.9 Å². The lowest BCUT2D eigenvalue weighted by Gasteiger charge is -2.29. The van der Waals surface area contributed by atoms with Crippen molar-refractivity contribution in [1.82, 2.24) is 0 Å². The van der Waals surface area contributed by atoms with Gasteiger partial charge in [-0.25, -0.2) is 0 Å². The summed E-state index contributed by atoms with van der Waals surface area (Å²) in [4.78, 5) is 0. The molecule has 0 saturated carbocycles. The van der Waals surface area contributed by atoms with Gasteiger partial charge in [0, 0.05) is 5.41 Å². The molecule has 3 nitrogen and oxygen atoms in total. The van der Waals surface area contributed by atoms with E-state index in [2.05, 4.69) is 30.8 Å². The number of hydrogen-bond acceptors (Lipinski definition) is 3. The van der Waals surface area contributed by atoms with Crippen LogP contribution in [0.15, 0.2) is 61.2 Å². The first-order valence-corrected chi connectivity index (χ1v) is 7.75. The summed E-state index contributed by atoms with van der Waals surface area (Å²) in [6.45, 7) is 4.53. The van der Waals surface area contributed by atoms with Crippen molar-refractivity contribution in [2.24, 2.45) is 0 Å². The summed E-state index contributed by atoms with van der Waals surface area (Å²) >= 11 is 0. The highest BCUT2D eigenvalue weighted by molar-refractivity contribution is 5.44. The van der Waals surface area contributed by atoms with Crippen molar-refractivity contribution in [3.05, 3.63) is 72.3 Å². The Kier molecular flexibility index (Phi) is 4.39. The molecule has 0 N–H and O–H groups in total. The van der Waals surface area contributed by atoms with Crippen molar-refractivity contribution >= 4 is 0 Å². The van der Waals surface area contributed by atoms with Gasteiger partial charge in [-0.05, 0) is 41.8 Å². The molecule has 2 aromatic rings. The van der Waals surface area contributed by atoms with Crippen LogP contribution in [0.3, 0.4) is 0 Å². The number of hydrogen-bond donors (Lipinski definition) is 0. The molecule has 0 spiro atoms. The second kappa shape index (κ2) is 6.47. The van der Waals surface area contributed by atoms with Crippen molar-refractivity contribution in [3.8, 4) is 11.5 Å². The first kappa shape index (κ1) is 15.6. The van der Waals surface area contributed by atoms with Crippen LogP contribution in [0, 0.1) is 0 Å². The van der Waals surface area contributed by atoms with Gasteiger partial charge in [0.05, 0.1) is 26.9 Å². The minimum atomic E-state index is -0.169. The average Bonchev–Trinajstić information content (AvgIpc) is 3.07. The van der Waals surface area contributed by atoms with E-state index in [1.165, 1.54) is 11.1 Å². The van der Waals surface area contributed by atoms with Crippen LogP contribution >= 0.6 is 0 Å². The molecule has 3 rings (SSSR count). The summed E-state index contributed by atoms with van der Waals surface area (Å²) in [5, 5.41) is 0. The second-order valence-corrected chi connectivity index (χ2v) is 5.83. The minimum absolute atomic E-state index is 0.0687. The van der Waals surface area contributed by atoms with Gasteiger partial charge in [0.2, 0.25) is 0 Å². The molecule has 23 heavy (non-hydrogen) atoms. The van der Waals surface area contributed by atoms with Gasteiger partial charge in [-0.2, -0.15) is 0 Å². The number of rotatable bonds is 5. The minimum Gasteiger partial charge on any atom is -0.497 e. The van der Waals surface area contributed by atoms with E-state index in [1.807, 2.05) is 30.3 Å². The SMILES string of the molecule is C=C[C@H]1CC(c2ccc(OC)cc2)(c2ccc(OC)cc2)CO1. The molecule has 0 bridgehead atoms. The second-order valence-electron chi connectivity index (χ2n) is 5.83. The quantitative estimate of drug-likeness (QED) is 0.782. The largest absolute Gasteiger partial charge is 0.497 e. The first-order valence-electron chi connectivity index (χ1n) is 7.75. The van der Waals surface area contributed by atoms with Crippen LogP contribution in [-0.4, -0.2) is 26.9 Å². The molecule has 1 atom stereocenters. The Balaban J connectivity index is 2.04. The molecule has 0 amide bonds. The van der Waals surface area contributed by atoms with Gasteiger partial charge >= 0.3 is 0 Å². The Morgan fingerprint density at radius 2 is 1.43 bits per heavy atom. The fourth-order valence-corrected chi connectivity index (χ4v) is 3.25. The van der Waals surface area contributed by atoms with E-state index < -0.39 is 0 Å². The van der Waals surface area contributed by atoms with E-state index in [1.54, 1.807) is 14.2 Å². The Labute approximate surface area is 137 Å². The lowest BCUT2D eigenvalue weighted by atomic mass is 9.73. The number of methoxy groups -OCH3 is 2. The van der Waals surface area contributed by atoms with Crippen molar-refractivity contribution in [3.63, 3.8) is 0 Å². The summed E-state index contributed by atoms with van der Waals surface area (Å²) in [5.41, 5.74) is 2.29. The summed E-state index contributed by atoms with van der Waals surface area (Å²) in [5.74, 6) is 1.72. The average molecular weight is 310 g/mol. The third-order valence-corrected chi connectivity index (χ3v) is 4.64. The van der Waals surface area contributed by atoms with Gasteiger partial charge in [0.1, 0.15) is 11.5 Å². The highest BCUT2D eigenvalue weighted by Gasteiger charge is 2.42. The van der Waals surface area contributed by atoms with Crippen LogP contribution in [0.5, 0.6) is 11.5 Å². The van der Waals surface area contributed by atoms with Crippen molar-refractivity contribution in [1.29, 1.82) is 0 Å². The standard InChI is InChI=1S/C20H22O3/c1-4-17-13-20(14-23-17,15-5-9-18(21-2)10-6-15)16-7-11-19(22-3)12-8-16/h4-12,17H,1,13-14H2,2-3H3/t17-/m0/s1. The molecule has 1 heterocycles. The zero-order chi connectivity index (χ0) is 16.3. The van der Waals surface area contributed by atoms with Crippen molar-refractivity contribution < 1.29 is 14.2 Å². The fourth-order valence-electron chi connectivity index (χ4n) is 3.25. The van der Waals surface area contributed by atoms with Crippen LogP contribution in [0.25, 0.3) is 0 Å². The molecule has 2 aromatic carbocycles. The van der Waals surface area contributed by atoms with E-state index in [-0.39, 0.29) is 11.5 Å². The smallest absolute Gasteiger partial charge is 0.118 e. The van der Waals surface area contributed by atoms with Crippen molar-refractivity contribution in [2.75, 3.05) is 20.8 Å².